The van der Waals surface area contributed by atoms with E-state index in [0.717, 1.165) is 11.1 Å². The fourth-order valence-corrected chi connectivity index (χ4v) is 2.34. The van der Waals surface area contributed by atoms with Gasteiger partial charge in [-0.1, -0.05) is 24.3 Å². The third kappa shape index (κ3) is 4.56. The molecule has 2 unspecified atom stereocenters. The summed E-state index contributed by atoms with van der Waals surface area (Å²) in [4.78, 5) is 23.1. The predicted molar refractivity (Wildman–Crippen MR) is 94.4 cm³/mol. The molecule has 2 atom stereocenters. The van der Waals surface area contributed by atoms with E-state index in [9.17, 15) is 9.59 Å². The average Bonchev–Trinajstić information content (AvgIpc) is 2.66. The second-order valence-electron chi connectivity index (χ2n) is 5.70. The molecule has 0 aliphatic heterocycles. The zero-order chi connectivity index (χ0) is 18.4. The molecule has 132 valence electrons. The Balaban J connectivity index is 2.05. The van der Waals surface area contributed by atoms with Crippen LogP contribution < -0.4 is 27.3 Å². The number of nitrogens with two attached hydrogens (primary N) is 2. The van der Waals surface area contributed by atoms with Gasteiger partial charge in [0, 0.05) is 0 Å². The number of amides is 2. The first-order valence-corrected chi connectivity index (χ1v) is 7.85. The Labute approximate surface area is 146 Å². The fourth-order valence-electron chi connectivity index (χ4n) is 2.34. The Morgan fingerprint density at radius 1 is 0.760 bits per heavy atom. The van der Waals surface area contributed by atoms with Gasteiger partial charge in [0.1, 0.15) is 11.5 Å². The number of carbonyl (C=O) groups is 2. The van der Waals surface area contributed by atoms with Crippen LogP contribution in [-0.4, -0.2) is 11.8 Å². The SMILES string of the molecule is CC(C(=O)NN)c1ccc(Oc2ccc(C(C)C(=O)NN)cc2)cc1. The molecule has 0 aliphatic rings. The summed E-state index contributed by atoms with van der Waals surface area (Å²) in [6, 6.07) is 14.4. The Kier molecular flexibility index (Phi) is 6.10. The quantitative estimate of drug-likeness (QED) is 0.362. The van der Waals surface area contributed by atoms with Crippen LogP contribution in [0.1, 0.15) is 36.8 Å². The van der Waals surface area contributed by atoms with E-state index in [1.807, 2.05) is 24.3 Å². The van der Waals surface area contributed by atoms with Gasteiger partial charge in [-0.25, -0.2) is 11.7 Å². The van der Waals surface area contributed by atoms with Crippen molar-refractivity contribution in [3.63, 3.8) is 0 Å². The normalized spacial score (nSPS) is 12.8. The molecule has 2 aromatic carbocycles. The van der Waals surface area contributed by atoms with Crippen LogP contribution >= 0.6 is 0 Å². The topological polar surface area (TPSA) is 119 Å². The van der Waals surface area contributed by atoms with E-state index >= 15 is 0 Å². The molecule has 2 aromatic rings. The van der Waals surface area contributed by atoms with Crippen LogP contribution in [-0.2, 0) is 9.59 Å². The molecule has 0 saturated heterocycles. The Hall–Kier alpha value is -2.90. The number of benzene rings is 2. The molecule has 0 aromatic heterocycles. The van der Waals surface area contributed by atoms with Crippen molar-refractivity contribution in [1.82, 2.24) is 10.9 Å². The molecule has 7 heteroatoms. The lowest BCUT2D eigenvalue weighted by molar-refractivity contribution is -0.123. The second kappa shape index (κ2) is 8.27. The number of hydrazine groups is 2. The van der Waals surface area contributed by atoms with Crippen LogP contribution in [0.25, 0.3) is 0 Å². The highest BCUT2D eigenvalue weighted by atomic mass is 16.5. The summed E-state index contributed by atoms with van der Waals surface area (Å²) in [6.45, 7) is 3.55. The fraction of sp³-hybridized carbons (Fsp3) is 0.222. The second-order valence-corrected chi connectivity index (χ2v) is 5.70. The average molecular weight is 342 g/mol. The molecule has 0 saturated carbocycles. The lowest BCUT2D eigenvalue weighted by Gasteiger charge is -2.12. The summed E-state index contributed by atoms with van der Waals surface area (Å²) in [7, 11) is 0. The van der Waals surface area contributed by atoms with Crippen LogP contribution in [0.15, 0.2) is 48.5 Å². The highest BCUT2D eigenvalue weighted by molar-refractivity contribution is 5.83. The van der Waals surface area contributed by atoms with Gasteiger partial charge < -0.3 is 4.74 Å². The number of nitrogens with one attached hydrogen (secondary N) is 2. The number of ether oxygens (including phenoxy) is 1. The van der Waals surface area contributed by atoms with E-state index in [-0.39, 0.29) is 23.7 Å². The first kappa shape index (κ1) is 18.4. The first-order chi connectivity index (χ1) is 12.0. The van der Waals surface area contributed by atoms with Gasteiger partial charge >= 0.3 is 0 Å². The molecule has 6 N–H and O–H groups in total. The lowest BCUT2D eigenvalue weighted by Crippen LogP contribution is -2.33. The molecule has 0 spiro atoms. The van der Waals surface area contributed by atoms with Crippen molar-refractivity contribution >= 4 is 11.8 Å². The van der Waals surface area contributed by atoms with E-state index in [4.69, 9.17) is 16.4 Å². The van der Waals surface area contributed by atoms with Crippen LogP contribution in [0.2, 0.25) is 0 Å². The molecule has 0 bridgehead atoms. The molecule has 2 amide bonds. The summed E-state index contributed by atoms with van der Waals surface area (Å²) in [5, 5.41) is 0. The monoisotopic (exact) mass is 342 g/mol. The van der Waals surface area contributed by atoms with Crippen LogP contribution in [0.3, 0.4) is 0 Å². The first-order valence-electron chi connectivity index (χ1n) is 7.85. The summed E-state index contributed by atoms with van der Waals surface area (Å²) in [5.74, 6) is 10.4. The zero-order valence-corrected chi connectivity index (χ0v) is 14.2. The van der Waals surface area contributed by atoms with Gasteiger partial charge in [0.15, 0.2) is 0 Å². The van der Waals surface area contributed by atoms with E-state index in [1.54, 1.807) is 38.1 Å². The van der Waals surface area contributed by atoms with Crippen molar-refractivity contribution in [3.8, 4) is 11.5 Å². The summed E-state index contributed by atoms with van der Waals surface area (Å²) < 4.78 is 5.77. The van der Waals surface area contributed by atoms with Gasteiger partial charge in [-0.2, -0.15) is 0 Å². The van der Waals surface area contributed by atoms with Crippen molar-refractivity contribution in [3.05, 3.63) is 59.7 Å². The third-order valence-electron chi connectivity index (χ3n) is 4.07. The molecule has 0 aliphatic carbocycles. The molecule has 0 heterocycles. The van der Waals surface area contributed by atoms with E-state index in [2.05, 4.69) is 10.9 Å². The van der Waals surface area contributed by atoms with Crippen molar-refractivity contribution in [2.75, 3.05) is 0 Å². The van der Waals surface area contributed by atoms with Gasteiger partial charge in [0.25, 0.3) is 0 Å². The smallest absolute Gasteiger partial charge is 0.241 e. The summed E-state index contributed by atoms with van der Waals surface area (Å²) in [5.41, 5.74) is 5.96. The number of hydrogen-bond acceptors (Lipinski definition) is 5. The van der Waals surface area contributed by atoms with Crippen molar-refractivity contribution < 1.29 is 14.3 Å². The maximum absolute atomic E-state index is 11.5. The Bertz CT molecular complexity index is 665. The number of hydrogen-bond donors (Lipinski definition) is 4. The van der Waals surface area contributed by atoms with Gasteiger partial charge in [0.2, 0.25) is 11.8 Å². The third-order valence-corrected chi connectivity index (χ3v) is 4.07. The maximum Gasteiger partial charge on any atom is 0.241 e. The highest BCUT2D eigenvalue weighted by Crippen LogP contribution is 2.26. The number of rotatable bonds is 6. The summed E-state index contributed by atoms with van der Waals surface area (Å²) in [6.07, 6.45) is 0. The Morgan fingerprint density at radius 2 is 1.08 bits per heavy atom. The molecule has 0 fully saturated rings. The van der Waals surface area contributed by atoms with Gasteiger partial charge in [0.05, 0.1) is 11.8 Å². The van der Waals surface area contributed by atoms with Gasteiger partial charge in [-0.15, -0.1) is 0 Å². The molecule has 7 nitrogen and oxygen atoms in total. The van der Waals surface area contributed by atoms with E-state index in [1.165, 1.54) is 0 Å². The van der Waals surface area contributed by atoms with E-state index in [0.29, 0.717) is 11.5 Å². The van der Waals surface area contributed by atoms with Crippen molar-refractivity contribution in [2.24, 2.45) is 11.7 Å². The Morgan fingerprint density at radius 3 is 1.36 bits per heavy atom. The van der Waals surface area contributed by atoms with Crippen LogP contribution in [0.5, 0.6) is 11.5 Å². The molecule has 25 heavy (non-hydrogen) atoms. The lowest BCUT2D eigenvalue weighted by atomic mass is 10.0. The van der Waals surface area contributed by atoms with E-state index < -0.39 is 0 Å². The molecular weight excluding hydrogens is 320 g/mol. The minimum atomic E-state index is -0.339. The molecule has 0 radical (unpaired) electrons. The van der Waals surface area contributed by atoms with Crippen LogP contribution in [0, 0.1) is 0 Å². The minimum absolute atomic E-state index is 0.250. The standard InChI is InChI=1S/C18H22N4O3/c1-11(17(23)21-19)13-3-7-15(8-4-13)25-16-9-5-14(6-10-16)12(2)18(24)22-20/h3-12H,19-20H2,1-2H3,(H,21,23)(H,22,24). The van der Waals surface area contributed by atoms with Crippen molar-refractivity contribution in [2.45, 2.75) is 25.7 Å². The van der Waals surface area contributed by atoms with Gasteiger partial charge in [-0.05, 0) is 49.2 Å². The summed E-state index contributed by atoms with van der Waals surface area (Å²) >= 11 is 0. The van der Waals surface area contributed by atoms with Crippen LogP contribution in [0.4, 0.5) is 0 Å². The molecule has 2 rings (SSSR count). The van der Waals surface area contributed by atoms with Crippen molar-refractivity contribution in [1.29, 1.82) is 0 Å². The largest absolute Gasteiger partial charge is 0.457 e. The predicted octanol–water partition coefficient (Wildman–Crippen LogP) is 1.67. The maximum atomic E-state index is 11.5. The number of carbonyl (C=O) groups excluding carboxylic acids is 2. The molecular formula is C18H22N4O3. The highest BCUT2D eigenvalue weighted by Gasteiger charge is 2.15. The minimum Gasteiger partial charge on any atom is -0.457 e. The van der Waals surface area contributed by atoms with Gasteiger partial charge in [-0.3, -0.25) is 20.4 Å². The zero-order valence-electron chi connectivity index (χ0n) is 14.2.